The molecular formula is C16H32N2O. The average molecular weight is 268 g/mol. The Labute approximate surface area is 119 Å². The maximum absolute atomic E-state index is 11.8. The summed E-state index contributed by atoms with van der Waals surface area (Å²) in [6, 6.07) is 0.549. The molecule has 1 amide bonds. The quantitative estimate of drug-likeness (QED) is 0.616. The van der Waals surface area contributed by atoms with Gasteiger partial charge in [0.1, 0.15) is 0 Å². The summed E-state index contributed by atoms with van der Waals surface area (Å²) in [7, 11) is 0. The molecule has 0 aromatic carbocycles. The fourth-order valence-corrected chi connectivity index (χ4v) is 2.71. The SMILES string of the molecule is CCCCCCCC(C)NCCC(=O)N1CCCC1. The molecule has 1 aliphatic heterocycles. The van der Waals surface area contributed by atoms with Crippen LogP contribution in [0.5, 0.6) is 0 Å². The van der Waals surface area contributed by atoms with E-state index in [4.69, 9.17) is 0 Å². The molecule has 0 spiro atoms. The van der Waals surface area contributed by atoms with Gasteiger partial charge in [-0.05, 0) is 26.2 Å². The van der Waals surface area contributed by atoms with Gasteiger partial charge in [0.15, 0.2) is 0 Å². The molecule has 0 aromatic rings. The third-order valence-corrected chi connectivity index (χ3v) is 4.03. The van der Waals surface area contributed by atoms with Gasteiger partial charge in [-0.15, -0.1) is 0 Å². The lowest BCUT2D eigenvalue weighted by Gasteiger charge is -2.17. The van der Waals surface area contributed by atoms with E-state index in [1.807, 2.05) is 4.90 Å². The van der Waals surface area contributed by atoms with Crippen LogP contribution in [-0.4, -0.2) is 36.5 Å². The molecule has 1 unspecified atom stereocenters. The number of amides is 1. The highest BCUT2D eigenvalue weighted by Crippen LogP contribution is 2.09. The molecule has 3 nitrogen and oxygen atoms in total. The van der Waals surface area contributed by atoms with Gasteiger partial charge in [0.2, 0.25) is 5.91 Å². The summed E-state index contributed by atoms with van der Waals surface area (Å²) >= 11 is 0. The van der Waals surface area contributed by atoms with Crippen molar-refractivity contribution in [1.82, 2.24) is 10.2 Å². The summed E-state index contributed by atoms with van der Waals surface area (Å²) in [6.07, 6.45) is 11.0. The van der Waals surface area contributed by atoms with Gasteiger partial charge in [-0.25, -0.2) is 0 Å². The Balaban J connectivity index is 1.94. The molecule has 1 aliphatic rings. The highest BCUT2D eigenvalue weighted by Gasteiger charge is 2.17. The van der Waals surface area contributed by atoms with Gasteiger partial charge < -0.3 is 10.2 Å². The van der Waals surface area contributed by atoms with E-state index >= 15 is 0 Å². The third kappa shape index (κ3) is 7.56. The van der Waals surface area contributed by atoms with Crippen LogP contribution in [0.2, 0.25) is 0 Å². The van der Waals surface area contributed by atoms with Crippen LogP contribution in [0.4, 0.5) is 0 Å². The van der Waals surface area contributed by atoms with Gasteiger partial charge in [0.05, 0.1) is 0 Å². The summed E-state index contributed by atoms with van der Waals surface area (Å²) in [5.41, 5.74) is 0. The molecule has 1 saturated heterocycles. The monoisotopic (exact) mass is 268 g/mol. The molecule has 19 heavy (non-hydrogen) atoms. The Kier molecular flexibility index (Phi) is 8.89. The number of carbonyl (C=O) groups excluding carboxylic acids is 1. The van der Waals surface area contributed by atoms with E-state index in [-0.39, 0.29) is 0 Å². The summed E-state index contributed by atoms with van der Waals surface area (Å²) in [6.45, 7) is 7.28. The predicted octanol–water partition coefficient (Wildman–Crippen LogP) is 3.34. The third-order valence-electron chi connectivity index (χ3n) is 4.03. The van der Waals surface area contributed by atoms with Crippen LogP contribution in [0.1, 0.15) is 71.6 Å². The number of rotatable bonds is 10. The number of likely N-dealkylation sites (tertiary alicyclic amines) is 1. The highest BCUT2D eigenvalue weighted by molar-refractivity contribution is 5.76. The van der Waals surface area contributed by atoms with Crippen molar-refractivity contribution in [2.24, 2.45) is 0 Å². The molecule has 1 heterocycles. The van der Waals surface area contributed by atoms with Crippen LogP contribution >= 0.6 is 0 Å². The van der Waals surface area contributed by atoms with Crippen molar-refractivity contribution in [3.8, 4) is 0 Å². The molecule has 0 aliphatic carbocycles. The summed E-state index contributed by atoms with van der Waals surface area (Å²) in [5.74, 6) is 0.333. The number of nitrogens with one attached hydrogen (secondary N) is 1. The summed E-state index contributed by atoms with van der Waals surface area (Å²) in [4.78, 5) is 13.9. The van der Waals surface area contributed by atoms with Crippen LogP contribution in [0, 0.1) is 0 Å². The maximum Gasteiger partial charge on any atom is 0.223 e. The summed E-state index contributed by atoms with van der Waals surface area (Å²) in [5, 5.41) is 3.48. The minimum absolute atomic E-state index is 0.333. The molecule has 1 atom stereocenters. The number of nitrogens with zero attached hydrogens (tertiary/aromatic N) is 1. The molecule has 0 radical (unpaired) electrons. The Bertz CT molecular complexity index is 237. The number of hydrogen-bond donors (Lipinski definition) is 1. The van der Waals surface area contributed by atoms with E-state index in [1.165, 1.54) is 51.4 Å². The van der Waals surface area contributed by atoms with Crippen molar-refractivity contribution in [3.05, 3.63) is 0 Å². The molecule has 0 saturated carbocycles. The minimum atomic E-state index is 0.333. The molecule has 0 bridgehead atoms. The van der Waals surface area contributed by atoms with Gasteiger partial charge in [0.25, 0.3) is 0 Å². The van der Waals surface area contributed by atoms with Gasteiger partial charge in [-0.2, -0.15) is 0 Å². The lowest BCUT2D eigenvalue weighted by atomic mass is 10.1. The lowest BCUT2D eigenvalue weighted by Crippen LogP contribution is -2.33. The molecule has 1 N–H and O–H groups in total. The first-order valence-electron chi connectivity index (χ1n) is 8.25. The Morgan fingerprint density at radius 3 is 2.53 bits per heavy atom. The lowest BCUT2D eigenvalue weighted by molar-refractivity contribution is -0.130. The van der Waals surface area contributed by atoms with E-state index < -0.39 is 0 Å². The second-order valence-corrected chi connectivity index (χ2v) is 5.90. The van der Waals surface area contributed by atoms with E-state index in [0.29, 0.717) is 18.4 Å². The van der Waals surface area contributed by atoms with Gasteiger partial charge in [0, 0.05) is 32.1 Å². The van der Waals surface area contributed by atoms with Crippen molar-refractivity contribution in [3.63, 3.8) is 0 Å². The fraction of sp³-hybridized carbons (Fsp3) is 0.938. The molecule has 1 fully saturated rings. The van der Waals surface area contributed by atoms with Gasteiger partial charge in [-0.1, -0.05) is 39.0 Å². The number of carbonyl (C=O) groups is 1. The van der Waals surface area contributed by atoms with E-state index in [0.717, 1.165) is 19.6 Å². The topological polar surface area (TPSA) is 32.3 Å². The minimum Gasteiger partial charge on any atom is -0.343 e. The Morgan fingerprint density at radius 1 is 1.16 bits per heavy atom. The first-order valence-corrected chi connectivity index (χ1v) is 8.25. The maximum atomic E-state index is 11.8. The first-order chi connectivity index (χ1) is 9.24. The van der Waals surface area contributed by atoms with E-state index in [9.17, 15) is 4.79 Å². The van der Waals surface area contributed by atoms with E-state index in [1.54, 1.807) is 0 Å². The average Bonchev–Trinajstić information content (AvgIpc) is 2.92. The Hall–Kier alpha value is -0.570. The first kappa shape index (κ1) is 16.5. The van der Waals surface area contributed by atoms with E-state index in [2.05, 4.69) is 19.2 Å². The van der Waals surface area contributed by atoms with Crippen molar-refractivity contribution in [2.45, 2.75) is 77.7 Å². The molecule has 0 aromatic heterocycles. The fourth-order valence-electron chi connectivity index (χ4n) is 2.71. The molecule has 1 rings (SSSR count). The van der Waals surface area contributed by atoms with Crippen LogP contribution in [0.15, 0.2) is 0 Å². The van der Waals surface area contributed by atoms with Crippen LogP contribution in [0.25, 0.3) is 0 Å². The van der Waals surface area contributed by atoms with Gasteiger partial charge >= 0.3 is 0 Å². The highest BCUT2D eigenvalue weighted by atomic mass is 16.2. The summed E-state index contributed by atoms with van der Waals surface area (Å²) < 4.78 is 0. The normalized spacial score (nSPS) is 16.8. The smallest absolute Gasteiger partial charge is 0.223 e. The van der Waals surface area contributed by atoms with Crippen LogP contribution in [0.3, 0.4) is 0 Å². The Morgan fingerprint density at radius 2 is 1.84 bits per heavy atom. The predicted molar refractivity (Wildman–Crippen MR) is 81.3 cm³/mol. The van der Waals surface area contributed by atoms with Gasteiger partial charge in [-0.3, -0.25) is 4.79 Å². The zero-order chi connectivity index (χ0) is 13.9. The van der Waals surface area contributed by atoms with Crippen molar-refractivity contribution in [1.29, 1.82) is 0 Å². The second kappa shape index (κ2) is 10.2. The van der Waals surface area contributed by atoms with Crippen molar-refractivity contribution in [2.75, 3.05) is 19.6 Å². The number of unbranched alkanes of at least 4 members (excludes halogenated alkanes) is 4. The zero-order valence-electron chi connectivity index (χ0n) is 12.9. The van der Waals surface area contributed by atoms with Crippen LogP contribution < -0.4 is 5.32 Å². The van der Waals surface area contributed by atoms with Crippen molar-refractivity contribution < 1.29 is 4.79 Å². The number of hydrogen-bond acceptors (Lipinski definition) is 2. The van der Waals surface area contributed by atoms with Crippen molar-refractivity contribution >= 4 is 5.91 Å². The molecule has 3 heteroatoms. The molecular weight excluding hydrogens is 236 g/mol. The second-order valence-electron chi connectivity index (χ2n) is 5.90. The zero-order valence-corrected chi connectivity index (χ0v) is 12.9. The van der Waals surface area contributed by atoms with Crippen LogP contribution in [-0.2, 0) is 4.79 Å². The molecule has 112 valence electrons. The standard InChI is InChI=1S/C16H32N2O/c1-3-4-5-6-7-10-15(2)17-12-11-16(19)18-13-8-9-14-18/h15,17H,3-14H2,1-2H3. The largest absolute Gasteiger partial charge is 0.343 e.